The van der Waals surface area contributed by atoms with E-state index in [9.17, 15) is 4.79 Å². The number of carbonyl (C=O) groups excluding carboxylic acids is 1. The first-order chi connectivity index (χ1) is 7.38. The van der Waals surface area contributed by atoms with E-state index in [-0.39, 0.29) is 0 Å². The Hall–Kier alpha value is -0.410. The van der Waals surface area contributed by atoms with E-state index >= 15 is 0 Å². The summed E-state index contributed by atoms with van der Waals surface area (Å²) in [5, 5.41) is 0. The molecule has 0 aliphatic carbocycles. The molecule has 2 saturated heterocycles. The molecular formula is C12H21NO2. The highest BCUT2D eigenvalue weighted by molar-refractivity contribution is 5.53. The zero-order valence-corrected chi connectivity index (χ0v) is 9.36. The lowest BCUT2D eigenvalue weighted by atomic mass is 9.98. The largest absolute Gasteiger partial charge is 0.378 e. The Balaban J connectivity index is 1.61. The molecule has 0 saturated carbocycles. The molecule has 2 aliphatic heterocycles. The van der Waals surface area contributed by atoms with Gasteiger partial charge in [0.15, 0.2) is 0 Å². The van der Waals surface area contributed by atoms with Crippen molar-refractivity contribution >= 4 is 6.29 Å². The van der Waals surface area contributed by atoms with Crippen molar-refractivity contribution in [3.05, 3.63) is 0 Å². The summed E-state index contributed by atoms with van der Waals surface area (Å²) < 4.78 is 5.60. The third kappa shape index (κ3) is 3.28. The maximum Gasteiger partial charge on any atom is 0.123 e. The van der Waals surface area contributed by atoms with Crippen molar-refractivity contribution in [1.29, 1.82) is 0 Å². The molecule has 0 bridgehead atoms. The molecule has 1 unspecified atom stereocenters. The molecule has 0 N–H and O–H groups in total. The van der Waals surface area contributed by atoms with Gasteiger partial charge in [-0.1, -0.05) is 0 Å². The molecule has 3 heteroatoms. The fourth-order valence-corrected chi connectivity index (χ4v) is 2.51. The van der Waals surface area contributed by atoms with E-state index in [2.05, 4.69) is 4.90 Å². The van der Waals surface area contributed by atoms with Crippen molar-refractivity contribution in [2.75, 3.05) is 26.2 Å². The van der Waals surface area contributed by atoms with Crippen LogP contribution in [-0.2, 0) is 9.53 Å². The average Bonchev–Trinajstić information content (AvgIpc) is 2.80. The molecule has 3 nitrogen and oxygen atoms in total. The second-order valence-corrected chi connectivity index (χ2v) is 4.74. The summed E-state index contributed by atoms with van der Waals surface area (Å²) in [7, 11) is 0. The summed E-state index contributed by atoms with van der Waals surface area (Å²) in [5.74, 6) is 0.323. The van der Waals surface area contributed by atoms with Gasteiger partial charge in [0.25, 0.3) is 0 Å². The SMILES string of the molecule is O=CC1CCN(CCC2CCCO2)CC1. The van der Waals surface area contributed by atoms with Crippen molar-refractivity contribution in [3.8, 4) is 0 Å². The number of carbonyl (C=O) groups is 1. The van der Waals surface area contributed by atoms with Gasteiger partial charge < -0.3 is 14.4 Å². The zero-order valence-electron chi connectivity index (χ0n) is 9.36. The van der Waals surface area contributed by atoms with Crippen LogP contribution >= 0.6 is 0 Å². The fraction of sp³-hybridized carbons (Fsp3) is 0.917. The molecule has 2 rings (SSSR count). The fourth-order valence-electron chi connectivity index (χ4n) is 2.51. The highest BCUT2D eigenvalue weighted by Gasteiger charge is 2.20. The average molecular weight is 211 g/mol. The molecule has 2 aliphatic rings. The molecule has 0 aromatic carbocycles. The maximum absolute atomic E-state index is 10.6. The van der Waals surface area contributed by atoms with Crippen molar-refractivity contribution in [3.63, 3.8) is 0 Å². The lowest BCUT2D eigenvalue weighted by Gasteiger charge is -2.30. The summed E-state index contributed by atoms with van der Waals surface area (Å²) in [5.41, 5.74) is 0. The Morgan fingerprint density at radius 3 is 2.67 bits per heavy atom. The van der Waals surface area contributed by atoms with Crippen LogP contribution in [0.25, 0.3) is 0 Å². The lowest BCUT2D eigenvalue weighted by Crippen LogP contribution is -2.35. The molecule has 86 valence electrons. The van der Waals surface area contributed by atoms with Crippen LogP contribution in [0.15, 0.2) is 0 Å². The summed E-state index contributed by atoms with van der Waals surface area (Å²) in [4.78, 5) is 13.1. The van der Waals surface area contributed by atoms with Gasteiger partial charge in [-0.2, -0.15) is 0 Å². The molecule has 0 spiro atoms. The summed E-state index contributed by atoms with van der Waals surface area (Å²) in [6, 6.07) is 0. The van der Waals surface area contributed by atoms with Crippen LogP contribution in [0.2, 0.25) is 0 Å². The van der Waals surface area contributed by atoms with E-state index in [1.54, 1.807) is 0 Å². The van der Waals surface area contributed by atoms with E-state index in [1.807, 2.05) is 0 Å². The number of ether oxygens (including phenoxy) is 1. The third-order valence-corrected chi connectivity index (χ3v) is 3.62. The molecule has 2 fully saturated rings. The molecule has 2 heterocycles. The highest BCUT2D eigenvalue weighted by Crippen LogP contribution is 2.18. The predicted octanol–water partition coefficient (Wildman–Crippen LogP) is 1.47. The van der Waals surface area contributed by atoms with Gasteiger partial charge in [-0.15, -0.1) is 0 Å². The number of rotatable bonds is 4. The van der Waals surface area contributed by atoms with E-state index in [4.69, 9.17) is 4.74 Å². The van der Waals surface area contributed by atoms with E-state index in [1.165, 1.54) is 19.3 Å². The summed E-state index contributed by atoms with van der Waals surface area (Å²) in [6.07, 6.45) is 7.38. The Bertz CT molecular complexity index is 194. The number of aldehydes is 1. The van der Waals surface area contributed by atoms with Gasteiger partial charge in [-0.3, -0.25) is 0 Å². The predicted molar refractivity (Wildman–Crippen MR) is 58.8 cm³/mol. The maximum atomic E-state index is 10.6. The Labute approximate surface area is 91.8 Å². The number of piperidine rings is 1. The first kappa shape index (κ1) is 11.1. The Kier molecular flexibility index (Phi) is 4.15. The van der Waals surface area contributed by atoms with Gasteiger partial charge in [0.1, 0.15) is 6.29 Å². The van der Waals surface area contributed by atoms with E-state index in [0.29, 0.717) is 12.0 Å². The highest BCUT2D eigenvalue weighted by atomic mass is 16.5. The lowest BCUT2D eigenvalue weighted by molar-refractivity contribution is -0.112. The second kappa shape index (κ2) is 5.61. The van der Waals surface area contributed by atoms with Crippen molar-refractivity contribution in [2.45, 2.75) is 38.2 Å². The minimum atomic E-state index is 0.323. The van der Waals surface area contributed by atoms with Crippen LogP contribution in [0.5, 0.6) is 0 Å². The molecule has 0 radical (unpaired) electrons. The monoisotopic (exact) mass is 211 g/mol. The normalized spacial score (nSPS) is 29.5. The van der Waals surface area contributed by atoms with Gasteiger partial charge >= 0.3 is 0 Å². The third-order valence-electron chi connectivity index (χ3n) is 3.62. The van der Waals surface area contributed by atoms with Crippen molar-refractivity contribution < 1.29 is 9.53 Å². The molecule has 0 aromatic rings. The Morgan fingerprint density at radius 2 is 2.07 bits per heavy atom. The standard InChI is InChI=1S/C12H21NO2/c14-10-11-3-6-13(7-4-11)8-5-12-2-1-9-15-12/h10-12H,1-9H2. The van der Waals surface area contributed by atoms with Crippen LogP contribution in [0.4, 0.5) is 0 Å². The quantitative estimate of drug-likeness (QED) is 0.659. The van der Waals surface area contributed by atoms with Crippen LogP contribution in [0.3, 0.4) is 0 Å². The zero-order chi connectivity index (χ0) is 10.5. The number of hydrogen-bond donors (Lipinski definition) is 0. The van der Waals surface area contributed by atoms with Crippen LogP contribution in [0.1, 0.15) is 32.1 Å². The van der Waals surface area contributed by atoms with Crippen molar-refractivity contribution in [1.82, 2.24) is 4.90 Å². The first-order valence-electron chi connectivity index (χ1n) is 6.18. The molecule has 1 atom stereocenters. The molecular weight excluding hydrogens is 190 g/mol. The first-order valence-corrected chi connectivity index (χ1v) is 6.18. The van der Waals surface area contributed by atoms with Gasteiger partial charge in [-0.05, 0) is 45.2 Å². The van der Waals surface area contributed by atoms with Crippen LogP contribution in [0, 0.1) is 5.92 Å². The van der Waals surface area contributed by atoms with Gasteiger partial charge in [0, 0.05) is 19.1 Å². The number of likely N-dealkylation sites (tertiary alicyclic amines) is 1. The van der Waals surface area contributed by atoms with Crippen molar-refractivity contribution in [2.24, 2.45) is 5.92 Å². The Morgan fingerprint density at radius 1 is 1.27 bits per heavy atom. The van der Waals surface area contributed by atoms with Crippen LogP contribution < -0.4 is 0 Å². The smallest absolute Gasteiger partial charge is 0.123 e. The molecule has 15 heavy (non-hydrogen) atoms. The minimum absolute atomic E-state index is 0.323. The van der Waals surface area contributed by atoms with E-state index in [0.717, 1.165) is 45.4 Å². The summed E-state index contributed by atoms with van der Waals surface area (Å²) >= 11 is 0. The minimum Gasteiger partial charge on any atom is -0.378 e. The number of nitrogens with zero attached hydrogens (tertiary/aromatic N) is 1. The second-order valence-electron chi connectivity index (χ2n) is 4.74. The van der Waals surface area contributed by atoms with E-state index < -0.39 is 0 Å². The molecule has 0 aromatic heterocycles. The molecule has 0 amide bonds. The van der Waals surface area contributed by atoms with Gasteiger partial charge in [0.2, 0.25) is 0 Å². The van der Waals surface area contributed by atoms with Gasteiger partial charge in [0.05, 0.1) is 6.10 Å². The van der Waals surface area contributed by atoms with Gasteiger partial charge in [-0.25, -0.2) is 0 Å². The number of hydrogen-bond acceptors (Lipinski definition) is 3. The summed E-state index contributed by atoms with van der Waals surface area (Å²) in [6.45, 7) is 4.29. The van der Waals surface area contributed by atoms with Crippen LogP contribution in [-0.4, -0.2) is 43.5 Å². The topological polar surface area (TPSA) is 29.5 Å².